The predicted octanol–water partition coefficient (Wildman–Crippen LogP) is 9.45. The zero-order valence-corrected chi connectivity index (χ0v) is 44.5. The number of nitrogens with two attached hydrogens (primary N) is 1. The fourth-order valence-corrected chi connectivity index (χ4v) is 16.0. The lowest BCUT2D eigenvalue weighted by atomic mass is 9.47. The minimum absolute atomic E-state index is 0.0692. The van der Waals surface area contributed by atoms with Crippen LogP contribution in [-0.4, -0.2) is 81.1 Å². The molecule has 0 radical (unpaired) electrons. The maximum atomic E-state index is 11.2. The number of nitrogens with one attached hydrogen (secondary N) is 1. The van der Waals surface area contributed by atoms with Gasteiger partial charge in [-0.15, -0.1) is 5.10 Å². The Kier molecular flexibility index (Phi) is 19.3. The summed E-state index contributed by atoms with van der Waals surface area (Å²) < 4.78 is 37.5. The van der Waals surface area contributed by atoms with Crippen molar-refractivity contribution in [1.82, 2.24) is 20.3 Å². The summed E-state index contributed by atoms with van der Waals surface area (Å²) in [7, 11) is -10.7. The van der Waals surface area contributed by atoms with Gasteiger partial charge in [0.05, 0.1) is 36.2 Å². The lowest BCUT2D eigenvalue weighted by molar-refractivity contribution is -0.120. The van der Waals surface area contributed by atoms with Gasteiger partial charge in [-0.1, -0.05) is 97.9 Å². The van der Waals surface area contributed by atoms with E-state index in [-0.39, 0.29) is 30.1 Å². The molecule has 0 aromatic carbocycles. The molecule has 1 aromatic heterocycles. The van der Waals surface area contributed by atoms with Gasteiger partial charge in [0.2, 0.25) is 5.91 Å². The normalized spacial score (nSPS) is 27.9. The average molecular weight is 972 g/mol. The highest BCUT2D eigenvalue weighted by atomic mass is 31.2. The number of nitrogens with zero attached hydrogens (tertiary/aromatic N) is 3. The Hall–Kier alpha value is -1.51. The molecule has 0 aliphatic heterocycles. The fourth-order valence-electron chi connectivity index (χ4n) is 12.9. The monoisotopic (exact) mass is 972 g/mol. The third kappa shape index (κ3) is 13.7. The summed E-state index contributed by atoms with van der Waals surface area (Å²) in [5.41, 5.74) is 6.48. The highest BCUT2D eigenvalue weighted by Gasteiger charge is 2.67. The molecule has 1 amide bonds. The molecule has 66 heavy (non-hydrogen) atoms. The second-order valence-corrected chi connectivity index (χ2v) is 27.4. The molecular formula is C49H91N5O10P2. The average Bonchev–Trinajstić information content (AvgIpc) is 3.79. The van der Waals surface area contributed by atoms with Gasteiger partial charge in [0, 0.05) is 24.7 Å². The summed E-state index contributed by atoms with van der Waals surface area (Å²) in [5.74, 6) is 4.88. The molecule has 382 valence electrons. The van der Waals surface area contributed by atoms with Crippen LogP contribution in [0.4, 0.5) is 0 Å². The minimum atomic E-state index is -5.37. The Morgan fingerprint density at radius 3 is 2.21 bits per heavy atom. The van der Waals surface area contributed by atoms with Gasteiger partial charge in [-0.3, -0.25) is 18.6 Å². The van der Waals surface area contributed by atoms with E-state index in [1.54, 1.807) is 12.5 Å². The molecule has 8 atom stereocenters. The van der Waals surface area contributed by atoms with Gasteiger partial charge in [-0.25, -0.2) is 0 Å². The van der Waals surface area contributed by atoms with Gasteiger partial charge in [0.1, 0.15) is 0 Å². The van der Waals surface area contributed by atoms with Gasteiger partial charge >= 0.3 is 15.2 Å². The minimum Gasteiger partial charge on any atom is -0.375 e. The molecule has 3 saturated carbocycles. The zero-order chi connectivity index (χ0) is 49.7. The van der Waals surface area contributed by atoms with Crippen LogP contribution in [0.3, 0.4) is 0 Å². The van der Waals surface area contributed by atoms with Crippen molar-refractivity contribution in [1.29, 1.82) is 0 Å². The first-order valence-corrected chi connectivity index (χ1v) is 28.3. The molecule has 17 heteroatoms. The van der Waals surface area contributed by atoms with Crippen LogP contribution in [-0.2, 0) is 36.5 Å². The molecule has 1 heterocycles. The molecule has 1 aromatic rings. The summed E-state index contributed by atoms with van der Waals surface area (Å²) in [6, 6.07) is 0. The molecule has 8 N–H and O–H groups in total. The van der Waals surface area contributed by atoms with Crippen molar-refractivity contribution < 1.29 is 48.1 Å². The zero-order valence-electron chi connectivity index (χ0n) is 42.7. The second kappa shape index (κ2) is 22.3. The molecular weight excluding hydrogens is 881 g/mol. The van der Waals surface area contributed by atoms with Crippen molar-refractivity contribution in [2.75, 3.05) is 13.2 Å². The van der Waals surface area contributed by atoms with Gasteiger partial charge in [0.15, 0.2) is 0 Å². The fraction of sp³-hybridized carbons (Fsp3) is 0.898. The van der Waals surface area contributed by atoms with Crippen LogP contribution in [0.2, 0.25) is 0 Å². The van der Waals surface area contributed by atoms with E-state index in [0.29, 0.717) is 43.1 Å². The Morgan fingerprint density at radius 2 is 1.61 bits per heavy atom. The van der Waals surface area contributed by atoms with Crippen LogP contribution in [0.1, 0.15) is 185 Å². The standard InChI is InChI=1S/C42H73N5O3.C7H18O7P2/c1-29(2)11-10-12-30(3)35-15-16-36-34-14-13-31-25-33(17-19-41(31,8)37(34)18-20-42(35,36)9)50-40(6,7)22-24-49-39(4,5)21-23-47-28-32(45-46-47)26-44-27-38(43)48;1-4-5-6(2,3)7(8,15(9,10)11)16(12,13)14/h13,28-30,33-37,44H,10-12,14-27H2,1-9H3,(H2,43,48);8H,4-5H2,1-3H3,(H2,9,10,11)(H2,12,13,14). The van der Waals surface area contributed by atoms with Crippen molar-refractivity contribution in [3.05, 3.63) is 23.5 Å². The molecule has 5 rings (SSSR count). The van der Waals surface area contributed by atoms with Crippen molar-refractivity contribution in [3.63, 3.8) is 0 Å². The predicted molar refractivity (Wildman–Crippen MR) is 260 cm³/mol. The number of hydrogen-bond acceptors (Lipinski definition) is 9. The third-order valence-electron chi connectivity index (χ3n) is 16.7. The second-order valence-electron chi connectivity index (χ2n) is 23.5. The Bertz CT molecular complexity index is 1850. The van der Waals surface area contributed by atoms with Crippen LogP contribution < -0.4 is 11.1 Å². The van der Waals surface area contributed by atoms with E-state index in [4.69, 9.17) is 34.8 Å². The number of carbonyl (C=O) groups is 1. The summed E-state index contributed by atoms with van der Waals surface area (Å²) in [5, 5.41) is 17.9. The van der Waals surface area contributed by atoms with Gasteiger partial charge in [0.25, 0.3) is 5.08 Å². The van der Waals surface area contributed by atoms with Crippen molar-refractivity contribution in [2.24, 2.45) is 57.5 Å². The van der Waals surface area contributed by atoms with E-state index in [9.17, 15) is 19.0 Å². The summed E-state index contributed by atoms with van der Waals surface area (Å²) in [6.45, 7) is 27.6. The first-order chi connectivity index (χ1) is 30.3. The van der Waals surface area contributed by atoms with Gasteiger partial charge in [-0.05, 0) is 145 Å². The number of hydrogen-bond donors (Lipinski definition) is 7. The number of amides is 1. The first kappa shape index (κ1) is 57.1. The van der Waals surface area contributed by atoms with Gasteiger partial charge < -0.3 is 45.2 Å². The van der Waals surface area contributed by atoms with E-state index >= 15 is 0 Å². The molecule has 0 spiro atoms. The van der Waals surface area contributed by atoms with E-state index in [0.717, 1.165) is 60.5 Å². The SMILES string of the molecule is CC(C)CCCC(C)C1CCC2C3CC=C4CC(OC(C)(C)CCOC(C)(C)CCn5cc(CNCC(N)=O)nn5)CCC4(C)C3CCC12C.CCCC(C)(C)C(O)(P(=O)(O)O)P(=O)(O)O. The third-order valence-corrected chi connectivity index (χ3v) is 21.1. The summed E-state index contributed by atoms with van der Waals surface area (Å²) in [4.78, 5) is 47.0. The molecule has 0 saturated heterocycles. The Balaban J connectivity index is 0.000000507. The van der Waals surface area contributed by atoms with Crippen LogP contribution in [0.25, 0.3) is 0 Å². The van der Waals surface area contributed by atoms with E-state index < -0.39 is 25.7 Å². The first-order valence-electron chi connectivity index (χ1n) is 25.1. The molecule has 0 bridgehead atoms. The maximum absolute atomic E-state index is 11.2. The van der Waals surface area contributed by atoms with Crippen LogP contribution in [0.5, 0.6) is 0 Å². The lowest BCUT2D eigenvalue weighted by Crippen LogP contribution is -2.51. The van der Waals surface area contributed by atoms with Crippen molar-refractivity contribution >= 4 is 21.1 Å². The number of carbonyl (C=O) groups excluding carboxylic acids is 1. The smallest absolute Gasteiger partial charge is 0.370 e. The van der Waals surface area contributed by atoms with E-state index in [1.165, 1.54) is 78.1 Å². The highest BCUT2D eigenvalue weighted by Crippen LogP contribution is 2.74. The molecule has 3 fully saturated rings. The number of ether oxygens (including phenoxy) is 2. The number of aliphatic hydroxyl groups is 1. The number of aromatic nitrogens is 3. The van der Waals surface area contributed by atoms with Crippen molar-refractivity contribution in [3.8, 4) is 0 Å². The molecule has 8 unspecified atom stereocenters. The molecule has 4 aliphatic carbocycles. The van der Waals surface area contributed by atoms with Crippen molar-refractivity contribution in [2.45, 2.75) is 215 Å². The lowest BCUT2D eigenvalue weighted by Gasteiger charge is -2.58. The number of primary amides is 1. The molecule has 4 aliphatic rings. The highest BCUT2D eigenvalue weighted by molar-refractivity contribution is 7.72. The van der Waals surface area contributed by atoms with E-state index in [1.807, 2.05) is 10.9 Å². The number of allylic oxidation sites excluding steroid dienone is 1. The Labute approximate surface area is 397 Å². The Morgan fingerprint density at radius 1 is 0.939 bits per heavy atom. The number of aryl methyl sites for hydroxylation is 1. The van der Waals surface area contributed by atoms with E-state index in [2.05, 4.69) is 84.0 Å². The van der Waals surface area contributed by atoms with Crippen LogP contribution in [0.15, 0.2) is 17.8 Å². The largest absolute Gasteiger partial charge is 0.375 e. The molecule has 15 nitrogen and oxygen atoms in total. The summed E-state index contributed by atoms with van der Waals surface area (Å²) in [6.07, 6.45) is 22.0. The summed E-state index contributed by atoms with van der Waals surface area (Å²) >= 11 is 0. The van der Waals surface area contributed by atoms with Crippen LogP contribution in [0, 0.1) is 51.8 Å². The number of fused-ring (bicyclic) bond motifs is 5. The maximum Gasteiger partial charge on any atom is 0.370 e. The van der Waals surface area contributed by atoms with Crippen LogP contribution >= 0.6 is 15.2 Å². The number of rotatable bonds is 23. The quantitative estimate of drug-likeness (QED) is 0.0400. The topological polar surface area (TPSA) is 240 Å². The van der Waals surface area contributed by atoms with Gasteiger partial charge in [-0.2, -0.15) is 0 Å².